The molecule has 1 unspecified atom stereocenters. The van der Waals surface area contributed by atoms with Crippen molar-refractivity contribution in [2.45, 2.75) is 13.3 Å². The Labute approximate surface area is 124 Å². The largest absolute Gasteiger partial charge is 0.425 e. The molecular formula is C3H7F9N5OP5. The van der Waals surface area contributed by atoms with Gasteiger partial charge in [-0.25, -0.2) is 0 Å². The molecule has 0 aromatic carbocycles. The fraction of sp³-hybridized carbons (Fsp3) is 1.00. The lowest BCUT2D eigenvalue weighted by molar-refractivity contribution is 0.325. The minimum absolute atomic E-state index is 0.0549. The van der Waals surface area contributed by atoms with E-state index in [-0.39, 0.29) is 6.42 Å². The highest BCUT2D eigenvalue weighted by Gasteiger charge is 2.40. The molecule has 1 atom stereocenters. The first-order chi connectivity index (χ1) is 10.1. The molecule has 23 heavy (non-hydrogen) atoms. The second-order valence-corrected chi connectivity index (χ2v) is 12.0. The molecule has 1 heterocycles. The predicted molar refractivity (Wildman–Crippen MR) is 73.0 cm³/mol. The lowest BCUT2D eigenvalue weighted by Crippen LogP contribution is -1.86. The second kappa shape index (κ2) is 7.00. The molecule has 0 aliphatic carbocycles. The normalized spacial score (nSPS) is 31.4. The maximum Gasteiger partial charge on any atom is 0.425 e. The van der Waals surface area contributed by atoms with E-state index in [1.165, 1.54) is 20.5 Å². The Kier molecular flexibility index (Phi) is 6.55. The van der Waals surface area contributed by atoms with Crippen LogP contribution in [0.15, 0.2) is 22.6 Å². The lowest BCUT2D eigenvalue weighted by Gasteiger charge is -2.14. The van der Waals surface area contributed by atoms with Crippen molar-refractivity contribution < 1.29 is 42.3 Å². The van der Waals surface area contributed by atoms with E-state index < -0.39 is 45.7 Å². The standard InChI is InChI=1S/C3H7F9N5OP5/c1-2-3-18-23(12)16-21(8,9)14-19(4,5)13-20(6,7)15-22(10,11)17-23/h2-3H2,1H3. The van der Waals surface area contributed by atoms with Crippen LogP contribution < -0.4 is 0 Å². The van der Waals surface area contributed by atoms with E-state index >= 15 is 0 Å². The van der Waals surface area contributed by atoms with Crippen LogP contribution in [0.25, 0.3) is 0 Å². The van der Waals surface area contributed by atoms with Crippen molar-refractivity contribution in [3.63, 3.8) is 0 Å². The highest BCUT2D eigenvalue weighted by molar-refractivity contribution is 7.78. The van der Waals surface area contributed by atoms with Crippen molar-refractivity contribution >= 4 is 39.0 Å². The van der Waals surface area contributed by atoms with Gasteiger partial charge in [0.15, 0.2) is 0 Å². The van der Waals surface area contributed by atoms with Crippen LogP contribution in [0.4, 0.5) is 37.8 Å². The predicted octanol–water partition coefficient (Wildman–Crippen LogP) is 9.88. The van der Waals surface area contributed by atoms with E-state index in [9.17, 15) is 37.8 Å². The minimum Gasteiger partial charge on any atom is -0.303 e. The van der Waals surface area contributed by atoms with E-state index in [1.54, 1.807) is 0 Å². The van der Waals surface area contributed by atoms with Gasteiger partial charge < -0.3 is 4.52 Å². The zero-order valence-corrected chi connectivity index (χ0v) is 15.2. The van der Waals surface area contributed by atoms with Crippen LogP contribution in [-0.2, 0) is 4.52 Å². The zero-order chi connectivity index (χ0) is 18.2. The molecule has 0 N–H and O–H groups in total. The average molecular weight is 455 g/mol. The zero-order valence-electron chi connectivity index (χ0n) is 10.7. The molecular weight excluding hydrogens is 448 g/mol. The summed E-state index contributed by atoms with van der Waals surface area (Å²) in [5.41, 5.74) is 0. The number of rotatable bonds is 3. The highest BCUT2D eigenvalue weighted by Crippen LogP contribution is 2.82. The molecule has 0 aromatic heterocycles. The topological polar surface area (TPSA) is 71.0 Å². The molecule has 1 aliphatic rings. The summed E-state index contributed by atoms with van der Waals surface area (Å²) in [7, 11) is -32.6. The van der Waals surface area contributed by atoms with Crippen LogP contribution in [0.1, 0.15) is 13.3 Å². The van der Waals surface area contributed by atoms with Gasteiger partial charge in [-0.15, -0.1) is 56.2 Å². The summed E-state index contributed by atoms with van der Waals surface area (Å²) in [6.07, 6.45) is -0.0549. The summed E-state index contributed by atoms with van der Waals surface area (Å²) in [6.45, 7) is 0.611. The van der Waals surface area contributed by atoms with Gasteiger partial charge in [0.05, 0.1) is 6.61 Å². The molecule has 0 aromatic rings. The Hall–Kier alpha value is 0.480. The van der Waals surface area contributed by atoms with Gasteiger partial charge in [0, 0.05) is 0 Å². The molecule has 0 radical (unpaired) electrons. The molecule has 6 nitrogen and oxygen atoms in total. The van der Waals surface area contributed by atoms with Crippen LogP contribution in [-0.4, -0.2) is 6.61 Å². The summed E-state index contributed by atoms with van der Waals surface area (Å²) in [4.78, 5) is 0. The first-order valence-corrected chi connectivity index (χ1v) is 12.6. The van der Waals surface area contributed by atoms with Gasteiger partial charge in [-0.3, -0.25) is 0 Å². The Morgan fingerprint density at radius 3 is 1.35 bits per heavy atom. The van der Waals surface area contributed by atoms with E-state index in [1.807, 2.05) is 9.03 Å². The SMILES string of the molecule is CCCOP1(F)=NP(F)(F)=NP(F)(F)=NP(F)(F)=NP(F)(F)=N1. The molecule has 0 spiro atoms. The summed E-state index contributed by atoms with van der Waals surface area (Å²) in [5.74, 6) is 0. The highest BCUT2D eigenvalue weighted by atomic mass is 31.3. The summed E-state index contributed by atoms with van der Waals surface area (Å²) in [6, 6.07) is 0. The van der Waals surface area contributed by atoms with Gasteiger partial charge >= 0.3 is 39.0 Å². The van der Waals surface area contributed by atoms with Gasteiger partial charge in [0.1, 0.15) is 0 Å². The third-order valence-electron chi connectivity index (χ3n) is 1.54. The molecule has 0 amide bonds. The Morgan fingerprint density at radius 2 is 0.957 bits per heavy atom. The number of halogens is 9. The second-order valence-electron chi connectivity index (χ2n) is 3.58. The molecule has 0 bridgehead atoms. The summed E-state index contributed by atoms with van der Waals surface area (Å²) in [5, 5.41) is 0. The minimum atomic E-state index is -6.74. The molecule has 20 heteroatoms. The van der Waals surface area contributed by atoms with E-state index in [0.717, 1.165) is 0 Å². The number of nitrogens with zero attached hydrogens (tertiary/aromatic N) is 5. The Balaban J connectivity index is 3.88. The third kappa shape index (κ3) is 7.49. The van der Waals surface area contributed by atoms with Gasteiger partial charge in [-0.2, -0.15) is 4.20 Å². The lowest BCUT2D eigenvalue weighted by atomic mass is 10.5. The summed E-state index contributed by atoms with van der Waals surface area (Å²) < 4.78 is 132. The van der Waals surface area contributed by atoms with Crippen molar-refractivity contribution in [1.29, 1.82) is 0 Å². The molecule has 0 saturated heterocycles. The van der Waals surface area contributed by atoms with Crippen LogP contribution in [0.5, 0.6) is 0 Å². The van der Waals surface area contributed by atoms with Crippen molar-refractivity contribution in [1.82, 2.24) is 0 Å². The Bertz CT molecular complexity index is 727. The average Bonchev–Trinajstić information content (AvgIpc) is 2.16. The van der Waals surface area contributed by atoms with Gasteiger partial charge in [0.25, 0.3) is 0 Å². The number of hydrogen-bond acceptors (Lipinski definition) is 6. The molecule has 0 saturated carbocycles. The fourth-order valence-corrected chi connectivity index (χ4v) is 9.39. The molecule has 1 rings (SSSR count). The monoisotopic (exact) mass is 455 g/mol. The van der Waals surface area contributed by atoms with Crippen molar-refractivity contribution in [3.05, 3.63) is 0 Å². The first kappa shape index (κ1) is 21.5. The van der Waals surface area contributed by atoms with E-state index in [4.69, 9.17) is 0 Å². The van der Waals surface area contributed by atoms with Gasteiger partial charge in [0.2, 0.25) is 0 Å². The maximum atomic E-state index is 14.0. The molecule has 138 valence electrons. The van der Waals surface area contributed by atoms with Crippen LogP contribution >= 0.6 is 39.0 Å². The van der Waals surface area contributed by atoms with Gasteiger partial charge in [-0.05, 0) is 6.42 Å². The van der Waals surface area contributed by atoms with Gasteiger partial charge in [-0.1, -0.05) is 6.92 Å². The van der Waals surface area contributed by atoms with E-state index in [2.05, 4.69) is 4.52 Å². The van der Waals surface area contributed by atoms with Crippen molar-refractivity contribution in [3.8, 4) is 0 Å². The summed E-state index contributed by atoms with van der Waals surface area (Å²) >= 11 is 0. The van der Waals surface area contributed by atoms with E-state index in [0.29, 0.717) is 0 Å². The molecule has 0 fully saturated rings. The van der Waals surface area contributed by atoms with Crippen LogP contribution in [0.3, 0.4) is 0 Å². The van der Waals surface area contributed by atoms with Crippen LogP contribution in [0, 0.1) is 0 Å². The number of hydrogen-bond donors (Lipinski definition) is 0. The quantitative estimate of drug-likeness (QED) is 0.308. The third-order valence-corrected chi connectivity index (χ3v) is 10.7. The van der Waals surface area contributed by atoms with Crippen molar-refractivity contribution in [2.75, 3.05) is 6.61 Å². The first-order valence-electron chi connectivity index (χ1n) is 5.20. The van der Waals surface area contributed by atoms with Crippen LogP contribution in [0.2, 0.25) is 0 Å². The smallest absolute Gasteiger partial charge is 0.303 e. The molecule has 1 aliphatic heterocycles. The maximum absolute atomic E-state index is 14.0. The van der Waals surface area contributed by atoms with Crippen molar-refractivity contribution in [2.24, 2.45) is 22.6 Å². The Morgan fingerprint density at radius 1 is 0.609 bits per heavy atom. The fourth-order valence-electron chi connectivity index (χ4n) is 1.00.